The molecule has 0 radical (unpaired) electrons. The van der Waals surface area contributed by atoms with Gasteiger partial charge < -0.3 is 9.84 Å². The van der Waals surface area contributed by atoms with Crippen molar-refractivity contribution in [2.45, 2.75) is 31.9 Å². The van der Waals surface area contributed by atoms with Crippen molar-refractivity contribution < 1.29 is 27.8 Å². The van der Waals surface area contributed by atoms with E-state index >= 15 is 0 Å². The Bertz CT molecular complexity index is 587. The molecule has 140 valence electrons. The Morgan fingerprint density at radius 1 is 1.32 bits per heavy atom. The number of alkyl halides is 3. The number of rotatable bonds is 7. The maximum absolute atomic E-state index is 12.8. The van der Waals surface area contributed by atoms with E-state index in [1.807, 2.05) is 4.90 Å². The van der Waals surface area contributed by atoms with Crippen molar-refractivity contribution in [3.8, 4) is 5.75 Å². The molecule has 0 atom stereocenters. The molecule has 0 unspecified atom stereocenters. The van der Waals surface area contributed by atoms with Crippen LogP contribution in [0, 0.1) is 5.92 Å². The molecule has 0 bridgehead atoms. The minimum absolute atomic E-state index is 0.000436. The minimum atomic E-state index is -4.41. The Morgan fingerprint density at radius 2 is 2.00 bits per heavy atom. The van der Waals surface area contributed by atoms with Crippen molar-refractivity contribution in [1.82, 2.24) is 4.90 Å². The molecular formula is C17H21BrF3NO3. The summed E-state index contributed by atoms with van der Waals surface area (Å²) >= 11 is 2.90. The van der Waals surface area contributed by atoms with Gasteiger partial charge in [0.05, 0.1) is 18.7 Å². The van der Waals surface area contributed by atoms with Gasteiger partial charge in [-0.3, -0.25) is 9.69 Å². The van der Waals surface area contributed by atoms with E-state index in [1.165, 1.54) is 12.1 Å². The van der Waals surface area contributed by atoms with Gasteiger partial charge in [0.15, 0.2) is 0 Å². The van der Waals surface area contributed by atoms with E-state index in [1.54, 1.807) is 0 Å². The van der Waals surface area contributed by atoms with Gasteiger partial charge in [0, 0.05) is 4.47 Å². The fourth-order valence-electron chi connectivity index (χ4n) is 3.00. The Morgan fingerprint density at radius 3 is 2.60 bits per heavy atom. The lowest BCUT2D eigenvalue weighted by atomic mass is 9.92. The van der Waals surface area contributed by atoms with Crippen LogP contribution in [0.4, 0.5) is 13.2 Å². The highest BCUT2D eigenvalue weighted by Crippen LogP contribution is 2.37. The number of hydrogen-bond acceptors (Lipinski definition) is 3. The number of hydrogen-bond donors (Lipinski definition) is 1. The van der Waals surface area contributed by atoms with Crippen LogP contribution in [0.2, 0.25) is 0 Å². The van der Waals surface area contributed by atoms with E-state index in [-0.39, 0.29) is 16.8 Å². The molecule has 1 aliphatic heterocycles. The molecule has 1 saturated heterocycles. The third kappa shape index (κ3) is 6.51. The quantitative estimate of drug-likeness (QED) is 0.659. The second kappa shape index (κ2) is 8.89. The summed E-state index contributed by atoms with van der Waals surface area (Å²) in [5.74, 6) is -0.0734. The smallest absolute Gasteiger partial charge is 0.417 e. The summed E-state index contributed by atoms with van der Waals surface area (Å²) in [6, 6.07) is 3.87. The molecular weight excluding hydrogens is 403 g/mol. The van der Waals surface area contributed by atoms with E-state index in [4.69, 9.17) is 9.84 Å². The summed E-state index contributed by atoms with van der Waals surface area (Å²) in [5, 5.41) is 8.77. The van der Waals surface area contributed by atoms with E-state index < -0.39 is 17.7 Å². The molecule has 8 heteroatoms. The van der Waals surface area contributed by atoms with Crippen molar-refractivity contribution in [2.24, 2.45) is 5.92 Å². The third-order valence-electron chi connectivity index (χ3n) is 4.33. The highest BCUT2D eigenvalue weighted by atomic mass is 79.9. The molecule has 1 N–H and O–H groups in total. The van der Waals surface area contributed by atoms with Crippen LogP contribution in [0.1, 0.15) is 31.2 Å². The zero-order valence-electron chi connectivity index (χ0n) is 13.7. The second-order valence-electron chi connectivity index (χ2n) is 6.24. The maximum atomic E-state index is 12.8. The molecule has 1 aromatic rings. The van der Waals surface area contributed by atoms with Crippen LogP contribution in [0.15, 0.2) is 22.7 Å². The number of carboxylic acids is 1. The molecule has 2 rings (SSSR count). The van der Waals surface area contributed by atoms with Crippen LogP contribution >= 0.6 is 15.9 Å². The number of ether oxygens (including phenoxy) is 1. The monoisotopic (exact) mass is 423 g/mol. The average molecular weight is 424 g/mol. The number of benzene rings is 1. The molecule has 1 heterocycles. The Balaban J connectivity index is 1.71. The van der Waals surface area contributed by atoms with Crippen LogP contribution in [-0.2, 0) is 11.0 Å². The SMILES string of the molecule is O=C(O)CN1CCC(CCCOc2ccc(Br)c(C(F)(F)F)c2)CC1. The number of carboxylic acid groups (broad SMARTS) is 1. The molecule has 1 fully saturated rings. The fraction of sp³-hybridized carbons (Fsp3) is 0.588. The largest absolute Gasteiger partial charge is 0.494 e. The van der Waals surface area contributed by atoms with E-state index in [9.17, 15) is 18.0 Å². The fourth-order valence-corrected chi connectivity index (χ4v) is 3.47. The van der Waals surface area contributed by atoms with Crippen molar-refractivity contribution in [3.05, 3.63) is 28.2 Å². The lowest BCUT2D eigenvalue weighted by molar-refractivity contribution is -0.139. The first kappa shape index (κ1) is 20.0. The van der Waals surface area contributed by atoms with Gasteiger partial charge in [-0.1, -0.05) is 15.9 Å². The summed E-state index contributed by atoms with van der Waals surface area (Å²) < 4.78 is 44.0. The van der Waals surface area contributed by atoms with Gasteiger partial charge in [-0.15, -0.1) is 0 Å². The first-order valence-electron chi connectivity index (χ1n) is 8.19. The minimum Gasteiger partial charge on any atom is -0.494 e. The normalized spacial score (nSPS) is 16.8. The standard InChI is InChI=1S/C17H21BrF3NO3/c18-15-4-3-13(10-14(15)17(19,20)21)25-9-1-2-12-5-7-22(8-6-12)11-16(23)24/h3-4,10,12H,1-2,5-9,11H2,(H,23,24). The van der Waals surface area contributed by atoms with Gasteiger partial charge in [0.25, 0.3) is 0 Å². The van der Waals surface area contributed by atoms with E-state index in [0.717, 1.165) is 44.8 Å². The van der Waals surface area contributed by atoms with Gasteiger partial charge in [-0.2, -0.15) is 13.2 Å². The summed E-state index contributed by atoms with van der Waals surface area (Å²) in [4.78, 5) is 12.6. The van der Waals surface area contributed by atoms with Gasteiger partial charge >= 0.3 is 12.1 Å². The zero-order valence-corrected chi connectivity index (χ0v) is 15.3. The van der Waals surface area contributed by atoms with Crippen LogP contribution in [0.3, 0.4) is 0 Å². The number of nitrogens with zero attached hydrogens (tertiary/aromatic N) is 1. The number of likely N-dealkylation sites (tertiary alicyclic amines) is 1. The third-order valence-corrected chi connectivity index (χ3v) is 5.03. The first-order chi connectivity index (χ1) is 11.8. The highest BCUT2D eigenvalue weighted by molar-refractivity contribution is 9.10. The summed E-state index contributed by atoms with van der Waals surface area (Å²) in [7, 11) is 0. The number of carbonyl (C=O) groups is 1. The molecule has 0 aromatic heterocycles. The number of halogens is 4. The Hall–Kier alpha value is -1.28. The van der Waals surface area contributed by atoms with Crippen LogP contribution in [0.5, 0.6) is 5.75 Å². The molecule has 0 amide bonds. The van der Waals surface area contributed by atoms with Crippen LogP contribution in [0.25, 0.3) is 0 Å². The number of aliphatic carboxylic acids is 1. The molecule has 4 nitrogen and oxygen atoms in total. The van der Waals surface area contributed by atoms with Crippen LogP contribution < -0.4 is 4.74 Å². The lowest BCUT2D eigenvalue weighted by Gasteiger charge is -2.30. The lowest BCUT2D eigenvalue weighted by Crippen LogP contribution is -2.37. The molecule has 0 spiro atoms. The molecule has 0 saturated carbocycles. The summed E-state index contributed by atoms with van der Waals surface area (Å²) in [6.07, 6.45) is -0.819. The highest BCUT2D eigenvalue weighted by Gasteiger charge is 2.33. The molecule has 1 aliphatic rings. The first-order valence-corrected chi connectivity index (χ1v) is 8.98. The predicted octanol–water partition coefficient (Wildman–Crippen LogP) is 4.42. The van der Waals surface area contributed by atoms with Crippen molar-refractivity contribution >= 4 is 21.9 Å². The molecule has 25 heavy (non-hydrogen) atoms. The van der Waals surface area contributed by atoms with Crippen molar-refractivity contribution in [1.29, 1.82) is 0 Å². The second-order valence-corrected chi connectivity index (χ2v) is 7.10. The topological polar surface area (TPSA) is 49.8 Å². The maximum Gasteiger partial charge on any atom is 0.417 e. The Labute approximate surface area is 153 Å². The van der Waals surface area contributed by atoms with Gasteiger partial charge in [-0.25, -0.2) is 0 Å². The zero-order chi connectivity index (χ0) is 18.4. The van der Waals surface area contributed by atoms with E-state index in [2.05, 4.69) is 15.9 Å². The van der Waals surface area contributed by atoms with Gasteiger partial charge in [0.2, 0.25) is 0 Å². The molecule has 0 aliphatic carbocycles. The van der Waals surface area contributed by atoms with Gasteiger partial charge in [-0.05, 0) is 62.9 Å². The predicted molar refractivity (Wildman–Crippen MR) is 90.7 cm³/mol. The number of piperidine rings is 1. The van der Waals surface area contributed by atoms with Crippen molar-refractivity contribution in [3.63, 3.8) is 0 Å². The summed E-state index contributed by atoms with van der Waals surface area (Å²) in [5.41, 5.74) is -0.740. The average Bonchev–Trinajstić information content (AvgIpc) is 2.53. The van der Waals surface area contributed by atoms with Crippen molar-refractivity contribution in [2.75, 3.05) is 26.2 Å². The van der Waals surface area contributed by atoms with E-state index in [0.29, 0.717) is 12.5 Å². The van der Waals surface area contributed by atoms with Gasteiger partial charge in [0.1, 0.15) is 5.75 Å². The summed E-state index contributed by atoms with van der Waals surface area (Å²) in [6.45, 7) is 2.01. The molecule has 1 aromatic carbocycles. The van der Waals surface area contributed by atoms with Crippen LogP contribution in [-0.4, -0.2) is 42.2 Å². The Kier molecular flexibility index (Phi) is 7.13.